The summed E-state index contributed by atoms with van der Waals surface area (Å²) >= 11 is 1.66. The average molecular weight is 420 g/mol. The van der Waals surface area contributed by atoms with E-state index in [0.29, 0.717) is 11.7 Å². The summed E-state index contributed by atoms with van der Waals surface area (Å²) in [5.74, 6) is 1.13. The van der Waals surface area contributed by atoms with Crippen LogP contribution in [-0.4, -0.2) is 32.4 Å². The monoisotopic (exact) mass is 419 g/mol. The third kappa shape index (κ3) is 4.67. The predicted molar refractivity (Wildman–Crippen MR) is 110 cm³/mol. The fourth-order valence-electron chi connectivity index (χ4n) is 3.84. The van der Waals surface area contributed by atoms with E-state index in [1.165, 1.54) is 16.9 Å². The number of nitrogens with zero attached hydrogens (tertiary/aromatic N) is 2. The van der Waals surface area contributed by atoms with Crippen LogP contribution in [0.15, 0.2) is 16.2 Å². The second-order valence-corrected chi connectivity index (χ2v) is 8.95. The van der Waals surface area contributed by atoms with E-state index in [1.807, 2.05) is 6.92 Å². The van der Waals surface area contributed by atoms with Gasteiger partial charge in [0.05, 0.1) is 5.56 Å². The molecule has 9 heteroatoms. The van der Waals surface area contributed by atoms with Crippen molar-refractivity contribution in [3.05, 3.63) is 27.9 Å². The fourth-order valence-corrected chi connectivity index (χ4v) is 5.21. The van der Waals surface area contributed by atoms with Crippen LogP contribution in [0.3, 0.4) is 0 Å². The molecule has 0 aromatic carbocycles. The van der Waals surface area contributed by atoms with Crippen molar-refractivity contribution in [3.8, 4) is 11.5 Å². The number of anilines is 1. The highest BCUT2D eigenvalue weighted by atomic mass is 32.1. The van der Waals surface area contributed by atoms with Gasteiger partial charge in [-0.15, -0.1) is 11.3 Å². The number of fused-ring (bicyclic) bond motifs is 1. The Balaban J connectivity index is 0.000000552. The maximum Gasteiger partial charge on any atom is 0.503 e. The number of carbonyl (C=O) groups is 2. The third-order valence-corrected chi connectivity index (χ3v) is 6.35. The molecule has 1 amide bonds. The number of carboxylic acid groups (broad SMARTS) is 2. The van der Waals surface area contributed by atoms with E-state index < -0.39 is 6.16 Å². The summed E-state index contributed by atoms with van der Waals surface area (Å²) in [6.45, 7) is 6.30. The molecule has 0 radical (unpaired) electrons. The van der Waals surface area contributed by atoms with Crippen molar-refractivity contribution in [3.63, 3.8) is 0 Å². The van der Waals surface area contributed by atoms with Crippen molar-refractivity contribution >= 4 is 28.4 Å². The van der Waals surface area contributed by atoms with E-state index in [9.17, 15) is 4.79 Å². The number of rotatable bonds is 3. The van der Waals surface area contributed by atoms with Gasteiger partial charge < -0.3 is 20.1 Å². The molecule has 2 heterocycles. The number of thiophene rings is 1. The first-order chi connectivity index (χ1) is 13.7. The number of hydrogen-bond acceptors (Lipinski definition) is 6. The Morgan fingerprint density at radius 2 is 1.97 bits per heavy atom. The number of hydrogen-bond donors (Lipinski definition) is 3. The maximum absolute atomic E-state index is 12.7. The van der Waals surface area contributed by atoms with Gasteiger partial charge >= 0.3 is 6.16 Å². The SMILES string of the molecule is Cc1noc(-c2c(NC(=O)C3=CCCCC3)sc3c2C(C)(C)CC3)n1.O=C(O)O. The van der Waals surface area contributed by atoms with Crippen molar-refractivity contribution in [2.75, 3.05) is 5.32 Å². The number of aryl methyl sites for hydroxylation is 2. The summed E-state index contributed by atoms with van der Waals surface area (Å²) in [6.07, 6.45) is 6.48. The topological polar surface area (TPSA) is 126 Å². The first kappa shape index (κ1) is 21.0. The molecule has 0 fully saturated rings. The van der Waals surface area contributed by atoms with Crippen LogP contribution in [0.2, 0.25) is 0 Å². The van der Waals surface area contributed by atoms with Gasteiger partial charge in [-0.2, -0.15) is 4.98 Å². The fraction of sp³-hybridized carbons (Fsp3) is 0.500. The van der Waals surface area contributed by atoms with Gasteiger partial charge in [0, 0.05) is 10.5 Å². The minimum atomic E-state index is -1.83. The molecular formula is C20H25N3O5S. The normalized spacial score (nSPS) is 17.0. The second kappa shape index (κ2) is 8.36. The minimum absolute atomic E-state index is 0.00918. The molecule has 0 atom stereocenters. The molecule has 156 valence electrons. The molecule has 29 heavy (non-hydrogen) atoms. The Morgan fingerprint density at radius 3 is 2.55 bits per heavy atom. The van der Waals surface area contributed by atoms with Crippen molar-refractivity contribution in [1.82, 2.24) is 10.1 Å². The zero-order valence-electron chi connectivity index (χ0n) is 16.7. The van der Waals surface area contributed by atoms with Crippen LogP contribution in [-0.2, 0) is 16.6 Å². The summed E-state index contributed by atoms with van der Waals surface area (Å²) < 4.78 is 5.47. The predicted octanol–water partition coefficient (Wildman–Crippen LogP) is 4.99. The third-order valence-electron chi connectivity index (χ3n) is 5.19. The number of aromatic nitrogens is 2. The summed E-state index contributed by atoms with van der Waals surface area (Å²) in [5.41, 5.74) is 3.13. The molecule has 2 aliphatic carbocycles. The molecule has 8 nitrogen and oxygen atoms in total. The van der Waals surface area contributed by atoms with E-state index in [1.54, 1.807) is 11.3 Å². The average Bonchev–Trinajstić information content (AvgIpc) is 3.31. The van der Waals surface area contributed by atoms with Gasteiger partial charge in [-0.1, -0.05) is 25.1 Å². The minimum Gasteiger partial charge on any atom is -0.450 e. The number of amides is 1. The molecule has 0 saturated carbocycles. The Bertz CT molecular complexity index is 953. The van der Waals surface area contributed by atoms with Crippen LogP contribution in [0, 0.1) is 6.92 Å². The first-order valence-electron chi connectivity index (χ1n) is 9.58. The highest BCUT2D eigenvalue weighted by molar-refractivity contribution is 7.17. The Labute approximate surface area is 172 Å². The van der Waals surface area contributed by atoms with E-state index in [0.717, 1.165) is 48.2 Å². The van der Waals surface area contributed by atoms with Crippen molar-refractivity contribution in [1.29, 1.82) is 0 Å². The van der Waals surface area contributed by atoms with E-state index in [2.05, 4.69) is 35.4 Å². The van der Waals surface area contributed by atoms with Crippen LogP contribution in [0.25, 0.3) is 11.5 Å². The van der Waals surface area contributed by atoms with Crippen LogP contribution in [0.4, 0.5) is 9.80 Å². The largest absolute Gasteiger partial charge is 0.503 e. The highest BCUT2D eigenvalue weighted by Gasteiger charge is 2.38. The lowest BCUT2D eigenvalue weighted by Gasteiger charge is -2.19. The molecule has 3 N–H and O–H groups in total. The Morgan fingerprint density at radius 1 is 1.24 bits per heavy atom. The van der Waals surface area contributed by atoms with Crippen LogP contribution in [0.5, 0.6) is 0 Å². The van der Waals surface area contributed by atoms with Crippen molar-refractivity contribution in [2.24, 2.45) is 0 Å². The Kier molecular flexibility index (Phi) is 6.07. The summed E-state index contributed by atoms with van der Waals surface area (Å²) in [4.78, 5) is 27.0. The molecule has 4 rings (SSSR count). The second-order valence-electron chi connectivity index (χ2n) is 7.85. The zero-order chi connectivity index (χ0) is 21.2. The highest BCUT2D eigenvalue weighted by Crippen LogP contribution is 2.52. The quantitative estimate of drug-likeness (QED) is 0.639. The zero-order valence-corrected chi connectivity index (χ0v) is 17.6. The summed E-state index contributed by atoms with van der Waals surface area (Å²) in [6, 6.07) is 0. The van der Waals surface area contributed by atoms with Gasteiger partial charge in [-0.25, -0.2) is 4.79 Å². The number of allylic oxidation sites excluding steroid dienone is 1. The lowest BCUT2D eigenvalue weighted by molar-refractivity contribution is -0.113. The van der Waals surface area contributed by atoms with Gasteiger partial charge in [0.25, 0.3) is 11.8 Å². The maximum atomic E-state index is 12.7. The van der Waals surface area contributed by atoms with Crippen LogP contribution >= 0.6 is 11.3 Å². The van der Waals surface area contributed by atoms with E-state index >= 15 is 0 Å². The number of nitrogens with one attached hydrogen (secondary N) is 1. The van der Waals surface area contributed by atoms with Gasteiger partial charge in [0.15, 0.2) is 5.82 Å². The van der Waals surface area contributed by atoms with Crippen LogP contribution < -0.4 is 5.32 Å². The van der Waals surface area contributed by atoms with Gasteiger partial charge in [0.2, 0.25) is 0 Å². The van der Waals surface area contributed by atoms with E-state index in [-0.39, 0.29) is 11.3 Å². The molecule has 2 aromatic rings. The van der Waals surface area contributed by atoms with Crippen molar-refractivity contribution in [2.45, 2.75) is 64.7 Å². The molecule has 0 aliphatic heterocycles. The molecule has 0 unspecified atom stereocenters. The molecule has 2 aromatic heterocycles. The standard InChI is InChI=1S/C19H23N3O2S.CH2O3/c1-11-20-17(24-22-11)14-15-13(9-10-19(15,2)3)25-18(14)21-16(23)12-7-5-4-6-8-12;2-1(3)4/h7H,4-6,8-10H2,1-3H3,(H,21,23);(H2,2,3,4). The summed E-state index contributed by atoms with van der Waals surface area (Å²) in [7, 11) is 0. The smallest absolute Gasteiger partial charge is 0.450 e. The van der Waals surface area contributed by atoms with E-state index in [4.69, 9.17) is 19.5 Å². The van der Waals surface area contributed by atoms with Crippen molar-refractivity contribution < 1.29 is 24.3 Å². The molecular weight excluding hydrogens is 394 g/mol. The molecule has 0 spiro atoms. The number of carbonyl (C=O) groups excluding carboxylic acids is 1. The molecule has 2 aliphatic rings. The van der Waals surface area contributed by atoms with Crippen LogP contribution in [0.1, 0.15) is 62.2 Å². The lowest BCUT2D eigenvalue weighted by Crippen LogP contribution is -2.17. The summed E-state index contributed by atoms with van der Waals surface area (Å²) in [5, 5.41) is 21.9. The first-order valence-corrected chi connectivity index (χ1v) is 10.4. The lowest BCUT2D eigenvalue weighted by atomic mass is 9.85. The van der Waals surface area contributed by atoms with Gasteiger partial charge in [-0.05, 0) is 56.4 Å². The van der Waals surface area contributed by atoms with Gasteiger partial charge in [-0.3, -0.25) is 4.79 Å². The Hall–Kier alpha value is -2.68. The molecule has 0 bridgehead atoms. The van der Waals surface area contributed by atoms with Gasteiger partial charge in [0.1, 0.15) is 5.00 Å². The molecule has 0 saturated heterocycles.